The van der Waals surface area contributed by atoms with Gasteiger partial charge in [0.05, 0.1) is 0 Å². The first-order valence-electron chi connectivity index (χ1n) is 4.63. The van der Waals surface area contributed by atoms with E-state index in [1.165, 1.54) is 5.56 Å². The fourth-order valence-corrected chi connectivity index (χ4v) is 1.37. The lowest BCUT2D eigenvalue weighted by Crippen LogP contribution is -2.32. The molecular formula is C12H11BN+. The summed E-state index contributed by atoms with van der Waals surface area (Å²) in [5, 5.41) is 0. The maximum atomic E-state index is 5.61. The third-order valence-electron chi connectivity index (χ3n) is 2.12. The van der Waals surface area contributed by atoms with E-state index in [9.17, 15) is 0 Å². The zero-order valence-electron chi connectivity index (χ0n) is 7.93. The van der Waals surface area contributed by atoms with Crippen molar-refractivity contribution in [2.75, 3.05) is 0 Å². The summed E-state index contributed by atoms with van der Waals surface area (Å²) in [6.07, 6.45) is 4.10. The highest BCUT2D eigenvalue weighted by Crippen LogP contribution is 1.95. The summed E-state index contributed by atoms with van der Waals surface area (Å²) in [7, 11) is 5.61. The molecule has 0 saturated carbocycles. The van der Waals surface area contributed by atoms with E-state index in [-0.39, 0.29) is 0 Å². The van der Waals surface area contributed by atoms with Crippen LogP contribution in [0.2, 0.25) is 0 Å². The number of aromatic nitrogens is 1. The topological polar surface area (TPSA) is 3.88 Å². The van der Waals surface area contributed by atoms with Crippen LogP contribution in [-0.2, 0) is 6.54 Å². The van der Waals surface area contributed by atoms with Gasteiger partial charge in [-0.15, -0.1) is 0 Å². The molecule has 2 aromatic rings. The van der Waals surface area contributed by atoms with Gasteiger partial charge in [-0.3, -0.25) is 0 Å². The molecule has 1 aromatic carbocycles. The number of pyridine rings is 1. The first-order chi connectivity index (χ1) is 6.84. The fourth-order valence-electron chi connectivity index (χ4n) is 1.37. The van der Waals surface area contributed by atoms with Crippen molar-refractivity contribution in [3.05, 3.63) is 60.4 Å². The van der Waals surface area contributed by atoms with Gasteiger partial charge in [0.1, 0.15) is 7.85 Å². The SMILES string of the molecule is [B]c1ccc(C[n+]2ccccc2)cc1. The van der Waals surface area contributed by atoms with Crippen molar-refractivity contribution < 1.29 is 4.57 Å². The number of hydrogen-bond donors (Lipinski definition) is 0. The molecule has 0 unspecified atom stereocenters. The average molecular weight is 180 g/mol. The summed E-state index contributed by atoms with van der Waals surface area (Å²) in [4.78, 5) is 0. The molecule has 0 aliphatic carbocycles. The van der Waals surface area contributed by atoms with Crippen molar-refractivity contribution in [1.29, 1.82) is 0 Å². The molecule has 0 saturated heterocycles. The van der Waals surface area contributed by atoms with Gasteiger partial charge >= 0.3 is 0 Å². The summed E-state index contributed by atoms with van der Waals surface area (Å²) in [6.45, 7) is 0.890. The summed E-state index contributed by atoms with van der Waals surface area (Å²) in [5.74, 6) is 0. The number of nitrogens with zero attached hydrogens (tertiary/aromatic N) is 1. The molecule has 0 amide bonds. The fraction of sp³-hybridized carbons (Fsp3) is 0.0833. The number of rotatable bonds is 2. The highest BCUT2D eigenvalue weighted by molar-refractivity contribution is 6.32. The molecule has 1 nitrogen and oxygen atoms in total. The average Bonchev–Trinajstić information content (AvgIpc) is 2.23. The molecule has 0 bridgehead atoms. The zero-order valence-corrected chi connectivity index (χ0v) is 7.93. The summed E-state index contributed by atoms with van der Waals surface area (Å²) in [6, 6.07) is 14.0. The van der Waals surface area contributed by atoms with Crippen LogP contribution in [-0.4, -0.2) is 7.85 Å². The Hall–Kier alpha value is -1.57. The molecule has 14 heavy (non-hydrogen) atoms. The van der Waals surface area contributed by atoms with Gasteiger partial charge in [0.15, 0.2) is 18.9 Å². The van der Waals surface area contributed by atoms with E-state index >= 15 is 0 Å². The molecule has 0 aliphatic heterocycles. The molecule has 0 spiro atoms. The van der Waals surface area contributed by atoms with E-state index in [2.05, 4.69) is 29.1 Å². The Kier molecular flexibility index (Phi) is 2.64. The predicted octanol–water partition coefficient (Wildman–Crippen LogP) is 0.816. The van der Waals surface area contributed by atoms with Crippen LogP contribution in [0.4, 0.5) is 0 Å². The third-order valence-corrected chi connectivity index (χ3v) is 2.12. The van der Waals surface area contributed by atoms with Crippen LogP contribution in [0.15, 0.2) is 54.9 Å². The smallest absolute Gasteiger partial charge is 0.173 e. The first-order valence-corrected chi connectivity index (χ1v) is 4.63. The molecule has 0 atom stereocenters. The Labute approximate surface area is 85.4 Å². The van der Waals surface area contributed by atoms with Crippen molar-refractivity contribution >= 4 is 13.3 Å². The third kappa shape index (κ3) is 2.22. The Balaban J connectivity index is 2.16. The lowest BCUT2D eigenvalue weighted by Gasteiger charge is -1.98. The van der Waals surface area contributed by atoms with Gasteiger partial charge in [-0.25, -0.2) is 4.57 Å². The highest BCUT2D eigenvalue weighted by atomic mass is 14.9. The quantitative estimate of drug-likeness (QED) is 0.475. The van der Waals surface area contributed by atoms with E-state index in [1.807, 2.05) is 30.3 Å². The molecule has 1 heterocycles. The van der Waals surface area contributed by atoms with Crippen LogP contribution in [0.25, 0.3) is 0 Å². The minimum Gasteiger partial charge on any atom is -0.201 e. The minimum absolute atomic E-state index is 0.812. The van der Waals surface area contributed by atoms with Crippen molar-refractivity contribution in [2.24, 2.45) is 0 Å². The second-order valence-corrected chi connectivity index (χ2v) is 3.29. The van der Waals surface area contributed by atoms with E-state index in [0.717, 1.165) is 12.0 Å². The summed E-state index contributed by atoms with van der Waals surface area (Å²) in [5.41, 5.74) is 2.07. The summed E-state index contributed by atoms with van der Waals surface area (Å²) >= 11 is 0. The second kappa shape index (κ2) is 4.10. The molecule has 1 aromatic heterocycles. The monoisotopic (exact) mass is 180 g/mol. The normalized spacial score (nSPS) is 10.0. The first kappa shape index (κ1) is 9.01. The Morgan fingerprint density at radius 1 is 0.929 bits per heavy atom. The van der Waals surface area contributed by atoms with Crippen LogP contribution in [0.1, 0.15) is 5.56 Å². The van der Waals surface area contributed by atoms with Gasteiger partial charge < -0.3 is 0 Å². The van der Waals surface area contributed by atoms with Crippen LogP contribution >= 0.6 is 0 Å². The highest BCUT2D eigenvalue weighted by Gasteiger charge is 1.99. The van der Waals surface area contributed by atoms with Crippen molar-refractivity contribution in [3.8, 4) is 0 Å². The number of hydrogen-bond acceptors (Lipinski definition) is 0. The Bertz CT molecular complexity index is 394. The molecular weight excluding hydrogens is 169 g/mol. The lowest BCUT2D eigenvalue weighted by molar-refractivity contribution is -0.688. The van der Waals surface area contributed by atoms with E-state index < -0.39 is 0 Å². The maximum absolute atomic E-state index is 5.61. The van der Waals surface area contributed by atoms with Gasteiger partial charge in [0.25, 0.3) is 0 Å². The summed E-state index contributed by atoms with van der Waals surface area (Å²) < 4.78 is 2.13. The standard InChI is InChI=1S/C12H11BN/c13-12-6-4-11(5-7-12)10-14-8-2-1-3-9-14/h1-9H,10H2/q+1. The van der Waals surface area contributed by atoms with Gasteiger partial charge in [-0.1, -0.05) is 35.8 Å². The maximum Gasteiger partial charge on any atom is 0.173 e. The van der Waals surface area contributed by atoms with Crippen molar-refractivity contribution in [3.63, 3.8) is 0 Å². The molecule has 66 valence electrons. The van der Waals surface area contributed by atoms with Crippen LogP contribution in [0, 0.1) is 0 Å². The molecule has 0 N–H and O–H groups in total. The predicted molar refractivity (Wildman–Crippen MR) is 57.6 cm³/mol. The molecule has 2 radical (unpaired) electrons. The molecule has 2 heteroatoms. The van der Waals surface area contributed by atoms with E-state index in [1.54, 1.807) is 0 Å². The zero-order chi connectivity index (χ0) is 9.80. The largest absolute Gasteiger partial charge is 0.201 e. The van der Waals surface area contributed by atoms with Gasteiger partial charge in [-0.05, 0) is 0 Å². The Morgan fingerprint density at radius 2 is 1.57 bits per heavy atom. The van der Waals surface area contributed by atoms with Gasteiger partial charge in [0, 0.05) is 17.7 Å². The number of benzene rings is 1. The van der Waals surface area contributed by atoms with E-state index in [0.29, 0.717) is 0 Å². The van der Waals surface area contributed by atoms with Crippen molar-refractivity contribution in [2.45, 2.75) is 6.54 Å². The van der Waals surface area contributed by atoms with Crippen LogP contribution in [0.5, 0.6) is 0 Å². The minimum atomic E-state index is 0.812. The Morgan fingerprint density at radius 3 is 2.21 bits per heavy atom. The van der Waals surface area contributed by atoms with Gasteiger partial charge in [-0.2, -0.15) is 0 Å². The molecule has 0 fully saturated rings. The van der Waals surface area contributed by atoms with Crippen LogP contribution in [0.3, 0.4) is 0 Å². The van der Waals surface area contributed by atoms with E-state index in [4.69, 9.17) is 7.85 Å². The molecule has 2 rings (SSSR count). The van der Waals surface area contributed by atoms with Crippen molar-refractivity contribution in [1.82, 2.24) is 0 Å². The lowest BCUT2D eigenvalue weighted by atomic mass is 9.95. The second-order valence-electron chi connectivity index (χ2n) is 3.29. The van der Waals surface area contributed by atoms with Crippen LogP contribution < -0.4 is 10.0 Å². The van der Waals surface area contributed by atoms with Gasteiger partial charge in [0.2, 0.25) is 0 Å². The molecule has 0 aliphatic rings.